The van der Waals surface area contributed by atoms with Crippen LogP contribution in [-0.4, -0.2) is 4.57 Å². The topological polar surface area (TPSA) is 4.93 Å². The van der Waals surface area contributed by atoms with Crippen LogP contribution in [0.25, 0.3) is 27.5 Å². The van der Waals surface area contributed by atoms with Gasteiger partial charge in [0.2, 0.25) is 0 Å². The van der Waals surface area contributed by atoms with Crippen LogP contribution in [0, 0.1) is 0 Å². The van der Waals surface area contributed by atoms with Crippen molar-refractivity contribution in [2.24, 2.45) is 0 Å². The summed E-state index contributed by atoms with van der Waals surface area (Å²) < 4.78 is 2.38. The van der Waals surface area contributed by atoms with E-state index in [2.05, 4.69) is 70.6 Å². The van der Waals surface area contributed by atoms with Crippen molar-refractivity contribution < 1.29 is 0 Å². The molecule has 0 unspecified atom stereocenters. The normalized spacial score (nSPS) is 15.4. The Labute approximate surface area is 116 Å². The van der Waals surface area contributed by atoms with Crippen LogP contribution in [0.4, 0.5) is 0 Å². The molecule has 2 aliphatic rings. The minimum atomic E-state index is 0.980. The lowest BCUT2D eigenvalue weighted by molar-refractivity contribution is 1.09. The second-order valence-electron chi connectivity index (χ2n) is 5.33. The quantitative estimate of drug-likeness (QED) is 0.522. The molecule has 0 saturated carbocycles. The number of aromatic nitrogens is 1. The monoisotopic (exact) mass is 253 g/mol. The Morgan fingerprint density at radius 2 is 1.70 bits per heavy atom. The minimum absolute atomic E-state index is 0.980. The number of nitrogens with zero attached hydrogens (tertiary/aromatic N) is 1. The molecular weight excluding hydrogens is 242 g/mol. The van der Waals surface area contributed by atoms with Crippen LogP contribution in [0.15, 0.2) is 71.7 Å². The smallest absolute Gasteiger partial charge is 0.0587 e. The molecule has 1 heteroatoms. The van der Waals surface area contributed by atoms with Gasteiger partial charge in [0.05, 0.1) is 16.7 Å². The molecular formula is C19H11N. The highest BCUT2D eigenvalue weighted by Gasteiger charge is 2.22. The Bertz CT molecular complexity index is 1030. The molecule has 0 amide bonds. The lowest BCUT2D eigenvalue weighted by Gasteiger charge is -2.20. The molecule has 0 fully saturated rings. The van der Waals surface area contributed by atoms with E-state index < -0.39 is 0 Å². The van der Waals surface area contributed by atoms with Crippen molar-refractivity contribution in [3.63, 3.8) is 0 Å². The molecule has 0 saturated heterocycles. The number of hydrogen-bond acceptors (Lipinski definition) is 0. The number of allylic oxidation sites excluding steroid dienone is 4. The Hall–Kier alpha value is -2.72. The summed E-state index contributed by atoms with van der Waals surface area (Å²) in [6, 6.07) is 15.3. The second kappa shape index (κ2) is 3.43. The van der Waals surface area contributed by atoms with Crippen molar-refractivity contribution in [2.45, 2.75) is 6.42 Å². The van der Waals surface area contributed by atoms with E-state index in [0.29, 0.717) is 0 Å². The molecule has 0 N–H and O–H groups in total. The highest BCUT2D eigenvalue weighted by atomic mass is 15.0. The first-order valence-electron chi connectivity index (χ1n) is 6.85. The first-order chi connectivity index (χ1) is 9.93. The predicted octanol–water partition coefficient (Wildman–Crippen LogP) is 4.44. The maximum absolute atomic E-state index is 3.10. The van der Waals surface area contributed by atoms with E-state index in [4.69, 9.17) is 0 Å². The van der Waals surface area contributed by atoms with E-state index in [0.717, 1.165) is 6.42 Å². The highest BCUT2D eigenvalue weighted by Crippen LogP contribution is 2.39. The largest absolute Gasteiger partial charge is 0.308 e. The molecule has 5 rings (SSSR count). The van der Waals surface area contributed by atoms with Gasteiger partial charge in [-0.1, -0.05) is 47.9 Å². The van der Waals surface area contributed by atoms with Crippen LogP contribution in [0.2, 0.25) is 0 Å². The maximum atomic E-state index is 3.10. The van der Waals surface area contributed by atoms with Gasteiger partial charge >= 0.3 is 0 Å². The zero-order valence-electron chi connectivity index (χ0n) is 10.9. The van der Waals surface area contributed by atoms with Gasteiger partial charge in [-0.05, 0) is 23.3 Å². The Balaban J connectivity index is 2.09. The van der Waals surface area contributed by atoms with Gasteiger partial charge in [-0.2, -0.15) is 0 Å². The molecule has 1 aliphatic heterocycles. The average Bonchev–Trinajstić information content (AvgIpc) is 2.85. The molecule has 0 bridgehead atoms. The summed E-state index contributed by atoms with van der Waals surface area (Å²) in [5.41, 5.74) is 12.8. The van der Waals surface area contributed by atoms with Gasteiger partial charge in [0, 0.05) is 23.3 Å². The number of para-hydroxylation sites is 2. The molecule has 1 aromatic heterocycles. The fraction of sp³-hybridized carbons (Fsp3) is 0.0526. The summed E-state index contributed by atoms with van der Waals surface area (Å²) >= 11 is 0. The molecule has 92 valence electrons. The van der Waals surface area contributed by atoms with E-state index in [1.54, 1.807) is 0 Å². The molecule has 0 atom stereocenters. The number of fused-ring (bicyclic) bond motifs is 4. The van der Waals surface area contributed by atoms with Crippen molar-refractivity contribution in [2.75, 3.05) is 0 Å². The van der Waals surface area contributed by atoms with Crippen LogP contribution in [0.3, 0.4) is 0 Å². The van der Waals surface area contributed by atoms with E-state index in [-0.39, 0.29) is 0 Å². The van der Waals surface area contributed by atoms with Crippen molar-refractivity contribution in [1.29, 1.82) is 0 Å². The summed E-state index contributed by atoms with van der Waals surface area (Å²) in [5.74, 6) is 0. The third kappa shape index (κ3) is 1.10. The van der Waals surface area contributed by atoms with Crippen LogP contribution < -0.4 is 0 Å². The van der Waals surface area contributed by atoms with E-state index >= 15 is 0 Å². The van der Waals surface area contributed by atoms with Crippen LogP contribution >= 0.6 is 0 Å². The van der Waals surface area contributed by atoms with E-state index in [1.165, 1.54) is 38.6 Å². The Morgan fingerprint density at radius 1 is 0.850 bits per heavy atom. The fourth-order valence-electron chi connectivity index (χ4n) is 3.44. The molecule has 3 aromatic rings. The summed E-state index contributed by atoms with van der Waals surface area (Å²) in [6.07, 6.45) is 5.09. The number of hydrogen-bond donors (Lipinski definition) is 0. The van der Waals surface area contributed by atoms with Gasteiger partial charge in [0.1, 0.15) is 0 Å². The van der Waals surface area contributed by atoms with Crippen LogP contribution in [-0.2, 0) is 6.42 Å². The third-order valence-electron chi connectivity index (χ3n) is 4.27. The van der Waals surface area contributed by atoms with Crippen molar-refractivity contribution >= 4 is 27.5 Å². The first kappa shape index (κ1) is 10.1. The zero-order valence-corrected chi connectivity index (χ0v) is 10.9. The summed E-state index contributed by atoms with van der Waals surface area (Å²) in [6.45, 7) is 0. The van der Waals surface area contributed by atoms with Crippen LogP contribution in [0.5, 0.6) is 0 Å². The molecule has 0 spiro atoms. The average molecular weight is 253 g/mol. The van der Waals surface area contributed by atoms with Gasteiger partial charge < -0.3 is 4.57 Å². The molecule has 1 aliphatic carbocycles. The molecule has 2 aromatic carbocycles. The Morgan fingerprint density at radius 3 is 2.70 bits per heavy atom. The molecule has 0 radical (unpaired) electrons. The Kier molecular flexibility index (Phi) is 1.74. The third-order valence-corrected chi connectivity index (χ3v) is 4.27. The minimum Gasteiger partial charge on any atom is -0.308 e. The lowest BCUT2D eigenvalue weighted by atomic mass is 9.96. The lowest BCUT2D eigenvalue weighted by Crippen LogP contribution is -2.08. The summed E-state index contributed by atoms with van der Waals surface area (Å²) in [7, 11) is 0. The van der Waals surface area contributed by atoms with Gasteiger partial charge in [-0.25, -0.2) is 0 Å². The first-order valence-corrected chi connectivity index (χ1v) is 6.85. The fourth-order valence-corrected chi connectivity index (χ4v) is 3.44. The van der Waals surface area contributed by atoms with Crippen molar-refractivity contribution in [1.82, 2.24) is 4.57 Å². The summed E-state index contributed by atoms with van der Waals surface area (Å²) in [5, 5.41) is 2.67. The zero-order chi connectivity index (χ0) is 13.1. The van der Waals surface area contributed by atoms with Gasteiger partial charge in [-0.3, -0.25) is 0 Å². The summed E-state index contributed by atoms with van der Waals surface area (Å²) in [4.78, 5) is 0. The van der Waals surface area contributed by atoms with Gasteiger partial charge in [-0.15, -0.1) is 0 Å². The van der Waals surface area contributed by atoms with Crippen molar-refractivity contribution in [3.8, 4) is 0 Å². The standard InChI is InChI=1S/C19H11N/c1-3-10-17-13(6-1)12-14-7-5-9-16-15-8-2-4-11-18(15)20(17)19(14)16/h2,4-11H,12H2. The van der Waals surface area contributed by atoms with Crippen LogP contribution in [0.1, 0.15) is 5.56 Å². The second-order valence-corrected chi connectivity index (χ2v) is 5.33. The van der Waals surface area contributed by atoms with E-state index in [1.807, 2.05) is 0 Å². The SMILES string of the molecule is C1=C=CC2=C(C=1)Cc1cccc3c4ccccc4n2c13. The molecule has 20 heavy (non-hydrogen) atoms. The highest BCUT2D eigenvalue weighted by molar-refractivity contribution is 6.12. The van der Waals surface area contributed by atoms with Gasteiger partial charge in [0.25, 0.3) is 0 Å². The predicted molar refractivity (Wildman–Crippen MR) is 82.5 cm³/mol. The number of rotatable bonds is 0. The maximum Gasteiger partial charge on any atom is 0.0587 e. The molecule has 2 heterocycles. The van der Waals surface area contributed by atoms with Gasteiger partial charge in [0.15, 0.2) is 0 Å². The van der Waals surface area contributed by atoms with Crippen molar-refractivity contribution in [3.05, 3.63) is 77.2 Å². The number of benzene rings is 2. The van der Waals surface area contributed by atoms with E-state index in [9.17, 15) is 0 Å². The molecule has 1 nitrogen and oxygen atoms in total.